The van der Waals surface area contributed by atoms with Crippen molar-refractivity contribution in [2.45, 2.75) is 38.6 Å². The molecule has 0 saturated heterocycles. The standard InChI is InChI=1S/C12H18N2/c1-8-3-4-10-5-6-14-7-11(10)12(8)9(2)13/h5-9,12H,3-4,13H2,1-2H3. The summed E-state index contributed by atoms with van der Waals surface area (Å²) in [5.74, 6) is 1.18. The lowest BCUT2D eigenvalue weighted by molar-refractivity contribution is 0.361. The molecule has 1 aromatic rings. The molecule has 2 heteroatoms. The Kier molecular flexibility index (Phi) is 2.55. The third-order valence-electron chi connectivity index (χ3n) is 3.35. The summed E-state index contributed by atoms with van der Waals surface area (Å²) in [6, 6.07) is 2.37. The molecule has 2 nitrogen and oxygen atoms in total. The number of rotatable bonds is 1. The van der Waals surface area contributed by atoms with Crippen LogP contribution in [0.5, 0.6) is 0 Å². The number of nitrogens with two attached hydrogens (primary N) is 1. The average Bonchev–Trinajstić information content (AvgIpc) is 2.17. The first-order valence-electron chi connectivity index (χ1n) is 5.38. The molecule has 3 unspecified atom stereocenters. The van der Waals surface area contributed by atoms with Gasteiger partial charge in [0.2, 0.25) is 0 Å². The molecule has 0 saturated carbocycles. The molecular formula is C12H18N2. The first-order valence-corrected chi connectivity index (χ1v) is 5.38. The molecule has 1 aliphatic rings. The average molecular weight is 190 g/mol. The van der Waals surface area contributed by atoms with E-state index in [2.05, 4.69) is 24.9 Å². The Morgan fingerprint density at radius 1 is 1.57 bits per heavy atom. The van der Waals surface area contributed by atoms with Crippen LogP contribution in [-0.2, 0) is 6.42 Å². The molecule has 0 aromatic carbocycles. The molecule has 0 aliphatic heterocycles. The van der Waals surface area contributed by atoms with Gasteiger partial charge < -0.3 is 5.73 Å². The molecule has 0 radical (unpaired) electrons. The Hall–Kier alpha value is -0.890. The predicted molar refractivity (Wildman–Crippen MR) is 58.1 cm³/mol. The fourth-order valence-electron chi connectivity index (χ4n) is 2.63. The summed E-state index contributed by atoms with van der Waals surface area (Å²) in [6.45, 7) is 4.40. The van der Waals surface area contributed by atoms with Gasteiger partial charge in [0.25, 0.3) is 0 Å². The smallest absolute Gasteiger partial charge is 0.0306 e. The number of aryl methyl sites for hydroxylation is 1. The van der Waals surface area contributed by atoms with Crippen molar-refractivity contribution >= 4 is 0 Å². The molecule has 2 N–H and O–H groups in total. The van der Waals surface area contributed by atoms with Crippen molar-refractivity contribution in [1.82, 2.24) is 4.98 Å². The molecule has 0 fully saturated rings. The molecule has 0 spiro atoms. The van der Waals surface area contributed by atoms with Crippen LogP contribution in [-0.4, -0.2) is 11.0 Å². The van der Waals surface area contributed by atoms with Crippen LogP contribution in [0.15, 0.2) is 18.5 Å². The predicted octanol–water partition coefficient (Wildman–Crippen LogP) is 2.09. The Morgan fingerprint density at radius 3 is 3.07 bits per heavy atom. The molecular weight excluding hydrogens is 172 g/mol. The third-order valence-corrected chi connectivity index (χ3v) is 3.35. The van der Waals surface area contributed by atoms with E-state index >= 15 is 0 Å². The van der Waals surface area contributed by atoms with E-state index in [-0.39, 0.29) is 6.04 Å². The molecule has 0 amide bonds. The second-order valence-electron chi connectivity index (χ2n) is 4.48. The molecule has 3 atom stereocenters. The fraction of sp³-hybridized carbons (Fsp3) is 0.583. The first kappa shape index (κ1) is 9.66. The number of hydrogen-bond acceptors (Lipinski definition) is 2. The van der Waals surface area contributed by atoms with Crippen LogP contribution in [0.25, 0.3) is 0 Å². The molecule has 1 aliphatic carbocycles. The van der Waals surface area contributed by atoms with Gasteiger partial charge in [0.05, 0.1) is 0 Å². The second kappa shape index (κ2) is 3.70. The van der Waals surface area contributed by atoms with Gasteiger partial charge in [0.15, 0.2) is 0 Å². The monoisotopic (exact) mass is 190 g/mol. The van der Waals surface area contributed by atoms with Gasteiger partial charge in [-0.2, -0.15) is 0 Å². The fourth-order valence-corrected chi connectivity index (χ4v) is 2.63. The van der Waals surface area contributed by atoms with Crippen LogP contribution < -0.4 is 5.73 Å². The lowest BCUT2D eigenvalue weighted by atomic mass is 9.74. The van der Waals surface area contributed by atoms with E-state index in [4.69, 9.17) is 5.73 Å². The minimum absolute atomic E-state index is 0.230. The van der Waals surface area contributed by atoms with Crippen molar-refractivity contribution in [2.75, 3.05) is 0 Å². The summed E-state index contributed by atoms with van der Waals surface area (Å²) in [7, 11) is 0. The van der Waals surface area contributed by atoms with E-state index in [0.29, 0.717) is 11.8 Å². The Morgan fingerprint density at radius 2 is 2.36 bits per heavy atom. The minimum Gasteiger partial charge on any atom is -0.327 e. The van der Waals surface area contributed by atoms with Crippen molar-refractivity contribution in [3.63, 3.8) is 0 Å². The van der Waals surface area contributed by atoms with Crippen LogP contribution in [0, 0.1) is 5.92 Å². The van der Waals surface area contributed by atoms with Crippen molar-refractivity contribution in [3.8, 4) is 0 Å². The zero-order valence-electron chi connectivity index (χ0n) is 8.90. The van der Waals surface area contributed by atoms with Crippen molar-refractivity contribution in [3.05, 3.63) is 29.6 Å². The molecule has 76 valence electrons. The SMILES string of the molecule is CC(N)C1c2cnccc2CCC1C. The maximum Gasteiger partial charge on any atom is 0.0306 e. The topological polar surface area (TPSA) is 38.9 Å². The number of aromatic nitrogens is 1. The normalized spacial score (nSPS) is 28.2. The van der Waals surface area contributed by atoms with Gasteiger partial charge in [-0.05, 0) is 42.9 Å². The number of nitrogens with zero attached hydrogens (tertiary/aromatic N) is 1. The van der Waals surface area contributed by atoms with E-state index in [0.717, 1.165) is 0 Å². The van der Waals surface area contributed by atoms with Gasteiger partial charge in [-0.3, -0.25) is 4.98 Å². The Labute approximate surface area is 85.5 Å². The van der Waals surface area contributed by atoms with Crippen LogP contribution >= 0.6 is 0 Å². The van der Waals surface area contributed by atoms with E-state index < -0.39 is 0 Å². The zero-order chi connectivity index (χ0) is 10.1. The summed E-state index contributed by atoms with van der Waals surface area (Å²) in [5, 5.41) is 0. The molecule has 2 rings (SSSR count). The quantitative estimate of drug-likeness (QED) is 0.736. The van der Waals surface area contributed by atoms with Gasteiger partial charge in [-0.25, -0.2) is 0 Å². The summed E-state index contributed by atoms with van der Waals surface area (Å²) < 4.78 is 0. The maximum absolute atomic E-state index is 6.04. The summed E-state index contributed by atoms with van der Waals surface area (Å²) in [6.07, 6.45) is 6.32. The lowest BCUT2D eigenvalue weighted by Gasteiger charge is -2.33. The minimum atomic E-state index is 0.230. The highest BCUT2D eigenvalue weighted by molar-refractivity contribution is 5.31. The zero-order valence-corrected chi connectivity index (χ0v) is 8.90. The Balaban J connectivity index is 2.41. The Bertz CT molecular complexity index is 320. The summed E-state index contributed by atoms with van der Waals surface area (Å²) >= 11 is 0. The van der Waals surface area contributed by atoms with Gasteiger partial charge in [-0.15, -0.1) is 0 Å². The van der Waals surface area contributed by atoms with Gasteiger partial charge >= 0.3 is 0 Å². The van der Waals surface area contributed by atoms with Crippen molar-refractivity contribution in [1.29, 1.82) is 0 Å². The van der Waals surface area contributed by atoms with Crippen molar-refractivity contribution in [2.24, 2.45) is 11.7 Å². The lowest BCUT2D eigenvalue weighted by Crippen LogP contribution is -2.33. The second-order valence-corrected chi connectivity index (χ2v) is 4.48. The molecule has 0 bridgehead atoms. The summed E-state index contributed by atoms with van der Waals surface area (Å²) in [5.41, 5.74) is 8.87. The summed E-state index contributed by atoms with van der Waals surface area (Å²) in [4.78, 5) is 4.21. The van der Waals surface area contributed by atoms with E-state index in [1.807, 2.05) is 12.4 Å². The van der Waals surface area contributed by atoms with Crippen LogP contribution in [0.2, 0.25) is 0 Å². The number of fused-ring (bicyclic) bond motifs is 1. The van der Waals surface area contributed by atoms with E-state index in [1.165, 1.54) is 24.0 Å². The van der Waals surface area contributed by atoms with Crippen LogP contribution in [0.4, 0.5) is 0 Å². The maximum atomic E-state index is 6.04. The number of hydrogen-bond donors (Lipinski definition) is 1. The number of pyridine rings is 1. The van der Waals surface area contributed by atoms with Gasteiger partial charge in [-0.1, -0.05) is 6.92 Å². The van der Waals surface area contributed by atoms with Crippen molar-refractivity contribution < 1.29 is 0 Å². The van der Waals surface area contributed by atoms with Gasteiger partial charge in [0.1, 0.15) is 0 Å². The molecule has 1 aromatic heterocycles. The highest BCUT2D eigenvalue weighted by Gasteiger charge is 2.28. The largest absolute Gasteiger partial charge is 0.327 e. The molecule has 14 heavy (non-hydrogen) atoms. The van der Waals surface area contributed by atoms with E-state index in [9.17, 15) is 0 Å². The van der Waals surface area contributed by atoms with Crippen LogP contribution in [0.1, 0.15) is 37.3 Å². The first-order chi connectivity index (χ1) is 6.70. The third kappa shape index (κ3) is 1.55. The molecule has 1 heterocycles. The highest BCUT2D eigenvalue weighted by Crippen LogP contribution is 2.36. The van der Waals surface area contributed by atoms with Crippen LogP contribution in [0.3, 0.4) is 0 Å². The van der Waals surface area contributed by atoms with E-state index in [1.54, 1.807) is 0 Å². The highest BCUT2D eigenvalue weighted by atomic mass is 14.7. The van der Waals surface area contributed by atoms with Gasteiger partial charge in [0, 0.05) is 24.4 Å².